The summed E-state index contributed by atoms with van der Waals surface area (Å²) in [6.45, 7) is 7.38. The molecule has 6 heteroatoms. The van der Waals surface area contributed by atoms with E-state index in [2.05, 4.69) is 17.2 Å². The average Bonchev–Trinajstić information content (AvgIpc) is 3.14. The van der Waals surface area contributed by atoms with Crippen molar-refractivity contribution in [2.75, 3.05) is 18.5 Å². The number of ether oxygens (including phenoxy) is 2. The molecule has 0 atom stereocenters. The molecule has 3 aromatic rings. The number of benzene rings is 2. The second-order valence-corrected chi connectivity index (χ2v) is 8.15. The van der Waals surface area contributed by atoms with E-state index in [4.69, 9.17) is 9.47 Å². The van der Waals surface area contributed by atoms with Gasteiger partial charge in [0.25, 0.3) is 0 Å². The van der Waals surface area contributed by atoms with Gasteiger partial charge in [0.1, 0.15) is 11.5 Å². The van der Waals surface area contributed by atoms with Crippen molar-refractivity contribution in [3.05, 3.63) is 65.0 Å². The number of aryl methyl sites for hydroxylation is 1. The lowest BCUT2D eigenvalue weighted by atomic mass is 10.1. The third-order valence-corrected chi connectivity index (χ3v) is 5.44. The van der Waals surface area contributed by atoms with Crippen molar-refractivity contribution >= 4 is 28.5 Å². The van der Waals surface area contributed by atoms with Gasteiger partial charge in [0.05, 0.1) is 18.9 Å². The molecule has 0 saturated heterocycles. The van der Waals surface area contributed by atoms with Gasteiger partial charge in [-0.15, -0.1) is 11.3 Å². The summed E-state index contributed by atoms with van der Waals surface area (Å²) in [6.07, 6.45) is 5.35. The molecule has 1 N–H and O–H groups in total. The number of amides is 1. The number of para-hydroxylation sites is 1. The van der Waals surface area contributed by atoms with Crippen molar-refractivity contribution in [2.45, 2.75) is 33.6 Å². The van der Waals surface area contributed by atoms with Crippen LogP contribution in [-0.2, 0) is 4.79 Å². The van der Waals surface area contributed by atoms with Gasteiger partial charge in [0.15, 0.2) is 5.13 Å². The summed E-state index contributed by atoms with van der Waals surface area (Å²) in [4.78, 5) is 18.1. The van der Waals surface area contributed by atoms with Gasteiger partial charge in [-0.25, -0.2) is 4.98 Å². The highest BCUT2D eigenvalue weighted by Gasteiger charge is 2.11. The normalized spacial score (nSPS) is 10.9. The molecule has 0 aliphatic rings. The molecule has 1 amide bonds. The lowest BCUT2D eigenvalue weighted by Gasteiger charge is -2.08. The van der Waals surface area contributed by atoms with E-state index >= 15 is 0 Å². The monoisotopic (exact) mass is 436 g/mol. The fraction of sp³-hybridized carbons (Fsp3) is 0.280. The van der Waals surface area contributed by atoms with E-state index in [-0.39, 0.29) is 5.91 Å². The van der Waals surface area contributed by atoms with Crippen LogP contribution in [0, 0.1) is 6.92 Å². The van der Waals surface area contributed by atoms with Crippen molar-refractivity contribution in [3.63, 3.8) is 0 Å². The summed E-state index contributed by atoms with van der Waals surface area (Å²) in [7, 11) is 0. The molecular formula is C25H28N2O3S. The molecule has 0 saturated carbocycles. The zero-order chi connectivity index (χ0) is 22.1. The van der Waals surface area contributed by atoms with E-state index in [9.17, 15) is 4.79 Å². The summed E-state index contributed by atoms with van der Waals surface area (Å²) < 4.78 is 11.3. The van der Waals surface area contributed by atoms with Crippen LogP contribution in [0.1, 0.15) is 37.1 Å². The molecular weight excluding hydrogens is 408 g/mol. The van der Waals surface area contributed by atoms with Crippen LogP contribution in [0.3, 0.4) is 0 Å². The van der Waals surface area contributed by atoms with E-state index in [1.54, 1.807) is 6.08 Å². The first kappa shape index (κ1) is 22.6. The van der Waals surface area contributed by atoms with Crippen molar-refractivity contribution in [2.24, 2.45) is 0 Å². The Balaban J connectivity index is 1.66. The second kappa shape index (κ2) is 11.3. The molecule has 0 bridgehead atoms. The highest BCUT2D eigenvalue weighted by atomic mass is 32.1. The first-order valence-electron chi connectivity index (χ1n) is 10.5. The van der Waals surface area contributed by atoms with Crippen molar-refractivity contribution in [1.29, 1.82) is 0 Å². The van der Waals surface area contributed by atoms with Crippen molar-refractivity contribution < 1.29 is 14.3 Å². The Morgan fingerprint density at radius 1 is 1.10 bits per heavy atom. The van der Waals surface area contributed by atoms with Gasteiger partial charge >= 0.3 is 0 Å². The number of anilines is 1. The predicted molar refractivity (Wildman–Crippen MR) is 128 cm³/mol. The van der Waals surface area contributed by atoms with Crippen LogP contribution in [0.5, 0.6) is 11.5 Å². The Bertz CT molecular complexity index is 1030. The summed E-state index contributed by atoms with van der Waals surface area (Å²) in [5.41, 5.74) is 2.73. The van der Waals surface area contributed by atoms with Crippen LogP contribution in [0.15, 0.2) is 54.6 Å². The Kier molecular flexibility index (Phi) is 8.24. The van der Waals surface area contributed by atoms with Gasteiger partial charge in [-0.05, 0) is 56.7 Å². The van der Waals surface area contributed by atoms with Gasteiger partial charge in [0.2, 0.25) is 5.91 Å². The highest BCUT2D eigenvalue weighted by molar-refractivity contribution is 7.16. The molecule has 0 radical (unpaired) electrons. The second-order valence-electron chi connectivity index (χ2n) is 6.94. The highest BCUT2D eigenvalue weighted by Crippen LogP contribution is 2.31. The van der Waals surface area contributed by atoms with Crippen molar-refractivity contribution in [3.8, 4) is 22.8 Å². The Hall–Kier alpha value is -3.12. The molecule has 0 fully saturated rings. The molecule has 1 heterocycles. The third kappa shape index (κ3) is 6.43. The molecule has 162 valence electrons. The SMILES string of the molecule is CCCCOc1ccccc1/C=C/C(=O)Nc1nc(-c2ccc(OCC)cc2)c(C)s1. The number of carbonyl (C=O) groups excluding carboxylic acids is 1. The van der Waals surface area contributed by atoms with Crippen molar-refractivity contribution in [1.82, 2.24) is 4.98 Å². The molecule has 0 spiro atoms. The number of aromatic nitrogens is 1. The summed E-state index contributed by atoms with van der Waals surface area (Å²) in [5.74, 6) is 1.38. The number of nitrogens with zero attached hydrogens (tertiary/aromatic N) is 1. The number of rotatable bonds is 10. The van der Waals surface area contributed by atoms with Gasteiger partial charge < -0.3 is 9.47 Å². The maximum Gasteiger partial charge on any atom is 0.250 e. The van der Waals surface area contributed by atoms with Crippen LogP contribution in [0.25, 0.3) is 17.3 Å². The average molecular weight is 437 g/mol. The van der Waals surface area contributed by atoms with Crippen LogP contribution in [0.2, 0.25) is 0 Å². The third-order valence-electron chi connectivity index (χ3n) is 4.55. The van der Waals surface area contributed by atoms with E-state index in [1.807, 2.05) is 62.4 Å². The molecule has 0 aliphatic heterocycles. The Morgan fingerprint density at radius 3 is 2.61 bits per heavy atom. The molecule has 2 aromatic carbocycles. The van der Waals surface area contributed by atoms with Gasteiger partial charge in [-0.3, -0.25) is 10.1 Å². The molecule has 5 nitrogen and oxygen atoms in total. The standard InChI is InChI=1S/C25H28N2O3S/c1-4-6-17-30-22-10-8-7-9-19(22)13-16-23(28)26-25-27-24(18(3)31-25)20-11-14-21(15-12-20)29-5-2/h7-16H,4-6,17H2,1-3H3,(H,26,27,28)/b16-13+. The maximum atomic E-state index is 12.4. The molecule has 0 unspecified atom stereocenters. The minimum atomic E-state index is -0.227. The molecule has 1 aromatic heterocycles. The lowest BCUT2D eigenvalue weighted by Crippen LogP contribution is -2.07. The van der Waals surface area contributed by atoms with Crippen LogP contribution < -0.4 is 14.8 Å². The minimum Gasteiger partial charge on any atom is -0.494 e. The van der Waals surface area contributed by atoms with E-state index in [0.717, 1.165) is 46.0 Å². The number of hydrogen-bond donors (Lipinski definition) is 1. The zero-order valence-electron chi connectivity index (χ0n) is 18.2. The largest absolute Gasteiger partial charge is 0.494 e. The van der Waals surface area contributed by atoms with Crippen LogP contribution in [0.4, 0.5) is 5.13 Å². The number of thiazole rings is 1. The predicted octanol–water partition coefficient (Wildman–Crippen LogP) is 6.35. The lowest BCUT2D eigenvalue weighted by molar-refractivity contribution is -0.111. The number of nitrogens with one attached hydrogen (secondary N) is 1. The van der Waals surface area contributed by atoms with Gasteiger partial charge in [0, 0.05) is 22.1 Å². The van der Waals surface area contributed by atoms with Crippen LogP contribution >= 0.6 is 11.3 Å². The molecule has 31 heavy (non-hydrogen) atoms. The Morgan fingerprint density at radius 2 is 1.87 bits per heavy atom. The summed E-state index contributed by atoms with van der Waals surface area (Å²) in [5, 5.41) is 3.44. The summed E-state index contributed by atoms with van der Waals surface area (Å²) >= 11 is 1.46. The van der Waals surface area contributed by atoms with Crippen LogP contribution in [-0.4, -0.2) is 24.1 Å². The number of unbranched alkanes of at least 4 members (excludes halogenated alkanes) is 1. The Labute approximate surface area is 187 Å². The zero-order valence-corrected chi connectivity index (χ0v) is 19.0. The molecule has 0 aliphatic carbocycles. The summed E-state index contributed by atoms with van der Waals surface area (Å²) in [6, 6.07) is 15.5. The fourth-order valence-electron chi connectivity index (χ4n) is 2.98. The number of hydrogen-bond acceptors (Lipinski definition) is 5. The van der Waals surface area contributed by atoms with Gasteiger partial charge in [-0.1, -0.05) is 31.5 Å². The van der Waals surface area contributed by atoms with E-state index in [0.29, 0.717) is 18.3 Å². The fourth-order valence-corrected chi connectivity index (χ4v) is 3.82. The van der Waals surface area contributed by atoms with Gasteiger partial charge in [-0.2, -0.15) is 0 Å². The number of carbonyl (C=O) groups is 1. The first-order chi connectivity index (χ1) is 15.1. The quantitative estimate of drug-likeness (QED) is 0.297. The smallest absolute Gasteiger partial charge is 0.250 e. The van der Waals surface area contributed by atoms with E-state index < -0.39 is 0 Å². The maximum absolute atomic E-state index is 12.4. The minimum absolute atomic E-state index is 0.227. The molecule has 3 rings (SSSR count). The first-order valence-corrected chi connectivity index (χ1v) is 11.3. The van der Waals surface area contributed by atoms with E-state index in [1.165, 1.54) is 17.4 Å². The topological polar surface area (TPSA) is 60.5 Å².